The lowest BCUT2D eigenvalue weighted by molar-refractivity contribution is -0.121. The molecule has 0 aliphatic heterocycles. The Balaban J connectivity index is 2.65. The third kappa shape index (κ3) is 4.24. The third-order valence-corrected chi connectivity index (χ3v) is 2.76. The van der Waals surface area contributed by atoms with Gasteiger partial charge < -0.3 is 15.8 Å². The number of anilines is 2. The highest BCUT2D eigenvalue weighted by molar-refractivity contribution is 6.33. The maximum absolute atomic E-state index is 11.7. The Hall–Kier alpha value is -1.26. The van der Waals surface area contributed by atoms with E-state index in [0.29, 0.717) is 16.4 Å². The molecular weight excluding hydrogens is 240 g/mol. The van der Waals surface area contributed by atoms with Crippen LogP contribution in [0.2, 0.25) is 5.02 Å². The van der Waals surface area contributed by atoms with Crippen LogP contribution in [0.1, 0.15) is 20.3 Å². The van der Waals surface area contributed by atoms with E-state index in [1.807, 2.05) is 13.8 Å². The van der Waals surface area contributed by atoms with Gasteiger partial charge in [-0.25, -0.2) is 0 Å². The van der Waals surface area contributed by atoms with Crippen molar-refractivity contribution in [3.63, 3.8) is 0 Å². The zero-order valence-electron chi connectivity index (χ0n) is 10.2. The maximum Gasteiger partial charge on any atom is 0.227 e. The number of amides is 1. The topological polar surface area (TPSA) is 64.3 Å². The lowest BCUT2D eigenvalue weighted by Crippen LogP contribution is -2.29. The van der Waals surface area contributed by atoms with Crippen molar-refractivity contribution in [1.82, 2.24) is 0 Å². The van der Waals surface area contributed by atoms with Gasteiger partial charge in [-0.1, -0.05) is 11.6 Å². The van der Waals surface area contributed by atoms with E-state index in [0.717, 1.165) is 0 Å². The zero-order valence-corrected chi connectivity index (χ0v) is 11.0. The normalized spacial score (nSPS) is 11.3. The van der Waals surface area contributed by atoms with Gasteiger partial charge in [0.15, 0.2) is 0 Å². The number of ether oxygens (including phenoxy) is 1. The fourth-order valence-electron chi connectivity index (χ4n) is 1.29. The van der Waals surface area contributed by atoms with E-state index in [1.165, 1.54) is 0 Å². The molecule has 1 amide bonds. The number of nitrogen functional groups attached to an aromatic ring is 1. The van der Waals surface area contributed by atoms with Crippen molar-refractivity contribution in [3.05, 3.63) is 23.2 Å². The molecule has 1 rings (SSSR count). The van der Waals surface area contributed by atoms with Crippen LogP contribution in [-0.4, -0.2) is 18.6 Å². The highest BCUT2D eigenvalue weighted by atomic mass is 35.5. The summed E-state index contributed by atoms with van der Waals surface area (Å²) in [5.41, 5.74) is 6.23. The lowest BCUT2D eigenvalue weighted by atomic mass is 10.0. The Bertz CT molecular complexity index is 419. The molecular formula is C12H17ClN2O2. The molecule has 0 aliphatic carbocycles. The van der Waals surface area contributed by atoms with Gasteiger partial charge in [0.2, 0.25) is 5.91 Å². The van der Waals surface area contributed by atoms with Crippen LogP contribution in [0, 0.1) is 0 Å². The van der Waals surface area contributed by atoms with Gasteiger partial charge in [0.1, 0.15) is 0 Å². The first-order valence-corrected chi connectivity index (χ1v) is 5.62. The molecule has 0 radical (unpaired) electrons. The van der Waals surface area contributed by atoms with Crippen molar-refractivity contribution >= 4 is 28.9 Å². The van der Waals surface area contributed by atoms with E-state index < -0.39 is 5.60 Å². The highest BCUT2D eigenvalue weighted by Crippen LogP contribution is 2.23. The number of benzene rings is 1. The Morgan fingerprint density at radius 1 is 1.53 bits per heavy atom. The van der Waals surface area contributed by atoms with E-state index in [-0.39, 0.29) is 12.3 Å². The first-order valence-electron chi connectivity index (χ1n) is 5.24. The molecule has 0 aliphatic rings. The molecule has 0 spiro atoms. The predicted octanol–water partition coefficient (Wildman–Crippen LogP) is 2.68. The molecule has 0 heterocycles. The Labute approximate surface area is 106 Å². The van der Waals surface area contributed by atoms with Crippen molar-refractivity contribution in [2.75, 3.05) is 18.2 Å². The Kier molecular flexibility index (Phi) is 4.37. The second-order valence-corrected chi connectivity index (χ2v) is 4.83. The van der Waals surface area contributed by atoms with Crippen LogP contribution in [-0.2, 0) is 9.53 Å². The zero-order chi connectivity index (χ0) is 13.1. The van der Waals surface area contributed by atoms with Crippen molar-refractivity contribution in [2.24, 2.45) is 0 Å². The van der Waals surface area contributed by atoms with E-state index in [4.69, 9.17) is 22.1 Å². The second kappa shape index (κ2) is 5.38. The first kappa shape index (κ1) is 13.8. The standard InChI is InChI=1S/C12H17ClN2O2/c1-12(2,17-3)7-11(16)15-8-4-5-9(13)10(14)6-8/h4-6H,7,14H2,1-3H3,(H,15,16). The monoisotopic (exact) mass is 256 g/mol. The van der Waals surface area contributed by atoms with Gasteiger partial charge in [-0.2, -0.15) is 0 Å². The van der Waals surface area contributed by atoms with E-state index in [2.05, 4.69) is 5.32 Å². The summed E-state index contributed by atoms with van der Waals surface area (Å²) in [6.45, 7) is 3.70. The predicted molar refractivity (Wildman–Crippen MR) is 70.2 cm³/mol. The molecule has 0 bridgehead atoms. The molecule has 0 aromatic heterocycles. The molecule has 17 heavy (non-hydrogen) atoms. The largest absolute Gasteiger partial charge is 0.397 e. The van der Waals surface area contributed by atoms with Crippen LogP contribution in [0.4, 0.5) is 11.4 Å². The highest BCUT2D eigenvalue weighted by Gasteiger charge is 2.21. The fraction of sp³-hybridized carbons (Fsp3) is 0.417. The molecule has 1 aromatic carbocycles. The van der Waals surface area contributed by atoms with E-state index in [9.17, 15) is 4.79 Å². The Morgan fingerprint density at radius 3 is 2.71 bits per heavy atom. The van der Waals surface area contributed by atoms with Gasteiger partial charge in [0.25, 0.3) is 0 Å². The molecule has 0 unspecified atom stereocenters. The summed E-state index contributed by atoms with van der Waals surface area (Å²) in [6.07, 6.45) is 0.270. The molecule has 5 heteroatoms. The van der Waals surface area contributed by atoms with Crippen molar-refractivity contribution < 1.29 is 9.53 Å². The van der Waals surface area contributed by atoms with Crippen LogP contribution in [0.25, 0.3) is 0 Å². The van der Waals surface area contributed by atoms with Crippen LogP contribution >= 0.6 is 11.6 Å². The number of rotatable bonds is 4. The summed E-state index contributed by atoms with van der Waals surface area (Å²) >= 11 is 5.79. The quantitative estimate of drug-likeness (QED) is 0.814. The average molecular weight is 257 g/mol. The van der Waals surface area contributed by atoms with Crippen molar-refractivity contribution in [3.8, 4) is 0 Å². The molecule has 4 nitrogen and oxygen atoms in total. The summed E-state index contributed by atoms with van der Waals surface area (Å²) in [7, 11) is 1.58. The summed E-state index contributed by atoms with van der Waals surface area (Å²) in [6, 6.07) is 4.98. The van der Waals surface area contributed by atoms with Gasteiger partial charge in [-0.3, -0.25) is 4.79 Å². The number of halogens is 1. The van der Waals surface area contributed by atoms with Crippen LogP contribution in [0.15, 0.2) is 18.2 Å². The molecule has 0 saturated heterocycles. The lowest BCUT2D eigenvalue weighted by Gasteiger charge is -2.21. The smallest absolute Gasteiger partial charge is 0.227 e. The molecule has 0 saturated carbocycles. The van der Waals surface area contributed by atoms with Gasteiger partial charge in [-0.15, -0.1) is 0 Å². The minimum atomic E-state index is -0.484. The van der Waals surface area contributed by atoms with Gasteiger partial charge in [0, 0.05) is 12.8 Å². The summed E-state index contributed by atoms with van der Waals surface area (Å²) in [4.78, 5) is 11.7. The number of nitrogens with two attached hydrogens (primary N) is 1. The summed E-state index contributed by atoms with van der Waals surface area (Å²) in [5.74, 6) is -0.126. The Morgan fingerprint density at radius 2 is 2.18 bits per heavy atom. The van der Waals surface area contributed by atoms with Gasteiger partial charge in [-0.05, 0) is 32.0 Å². The molecule has 0 fully saturated rings. The number of nitrogens with one attached hydrogen (secondary N) is 1. The second-order valence-electron chi connectivity index (χ2n) is 4.43. The minimum Gasteiger partial charge on any atom is -0.397 e. The SMILES string of the molecule is COC(C)(C)CC(=O)Nc1ccc(Cl)c(N)c1. The molecule has 1 aromatic rings. The first-order chi connectivity index (χ1) is 7.84. The van der Waals surface area contributed by atoms with Crippen molar-refractivity contribution in [2.45, 2.75) is 25.9 Å². The number of carbonyl (C=O) groups excluding carboxylic acids is 1. The van der Waals surface area contributed by atoms with Crippen molar-refractivity contribution in [1.29, 1.82) is 0 Å². The maximum atomic E-state index is 11.7. The van der Waals surface area contributed by atoms with Gasteiger partial charge >= 0.3 is 0 Å². The number of hydrogen-bond donors (Lipinski definition) is 2. The van der Waals surface area contributed by atoms with Gasteiger partial charge in [0.05, 0.1) is 22.7 Å². The van der Waals surface area contributed by atoms with Crippen LogP contribution < -0.4 is 11.1 Å². The third-order valence-electron chi connectivity index (χ3n) is 2.42. The van der Waals surface area contributed by atoms with E-state index in [1.54, 1.807) is 25.3 Å². The molecule has 0 atom stereocenters. The number of methoxy groups -OCH3 is 1. The number of carbonyl (C=O) groups is 1. The van der Waals surface area contributed by atoms with Crippen LogP contribution in [0.3, 0.4) is 0 Å². The minimum absolute atomic E-state index is 0.126. The summed E-state index contributed by atoms with van der Waals surface area (Å²) < 4.78 is 5.18. The fourth-order valence-corrected chi connectivity index (χ4v) is 1.40. The number of hydrogen-bond acceptors (Lipinski definition) is 3. The van der Waals surface area contributed by atoms with E-state index >= 15 is 0 Å². The average Bonchev–Trinajstić information content (AvgIpc) is 2.23. The van der Waals surface area contributed by atoms with Crippen LogP contribution in [0.5, 0.6) is 0 Å². The summed E-state index contributed by atoms with van der Waals surface area (Å²) in [5, 5.41) is 3.22. The molecule has 94 valence electrons. The molecule has 3 N–H and O–H groups in total.